The molecule has 0 aliphatic carbocycles. The lowest BCUT2D eigenvalue weighted by Gasteiger charge is -2.26. The summed E-state index contributed by atoms with van der Waals surface area (Å²) in [6, 6.07) is 0. The maximum atomic E-state index is 14.9. The van der Waals surface area contributed by atoms with E-state index in [-0.39, 0.29) is 22.8 Å². The molecule has 4 atom stereocenters. The van der Waals surface area contributed by atoms with Crippen molar-refractivity contribution in [2.75, 3.05) is 12.3 Å². The predicted octanol–water partition coefficient (Wildman–Crippen LogP) is -0.897. The van der Waals surface area contributed by atoms with Crippen molar-refractivity contribution in [3.63, 3.8) is 0 Å². The molecule has 0 bridgehead atoms. The second-order valence-corrected chi connectivity index (χ2v) is 7.12. The van der Waals surface area contributed by atoms with Crippen molar-refractivity contribution in [3.05, 3.63) is 12.2 Å². The van der Waals surface area contributed by atoms with Crippen molar-refractivity contribution >= 4 is 34.9 Å². The van der Waals surface area contributed by atoms with Crippen LogP contribution >= 0.6 is 0 Å². The van der Waals surface area contributed by atoms with Crippen LogP contribution in [0.3, 0.4) is 0 Å². The molecule has 0 radical (unpaired) electrons. The fraction of sp³-hybridized carbons (Fsp3) is 0.529. The summed E-state index contributed by atoms with van der Waals surface area (Å²) in [7, 11) is 0. The highest BCUT2D eigenvalue weighted by Gasteiger charge is 2.51. The van der Waals surface area contributed by atoms with Gasteiger partial charge in [0.1, 0.15) is 23.5 Å². The largest absolute Gasteiger partial charge is 0.481 e. The first-order valence-electron chi connectivity index (χ1n) is 9.24. The summed E-state index contributed by atoms with van der Waals surface area (Å²) in [5, 5.41) is 37.7. The highest BCUT2D eigenvalue weighted by atomic mass is 19.1. The van der Waals surface area contributed by atoms with E-state index in [2.05, 4.69) is 15.0 Å². The number of alkyl halides is 1. The number of aliphatic carboxylic acids is 3. The number of fused-ring (bicyclic) bond motifs is 1. The molecule has 1 aliphatic rings. The number of ether oxygens (including phenoxy) is 2. The van der Waals surface area contributed by atoms with Gasteiger partial charge < -0.3 is 35.6 Å². The van der Waals surface area contributed by atoms with E-state index in [4.69, 9.17) is 20.3 Å². The van der Waals surface area contributed by atoms with Crippen LogP contribution in [-0.4, -0.2) is 88.4 Å². The van der Waals surface area contributed by atoms with Crippen LogP contribution < -0.4 is 5.73 Å². The average Bonchev–Trinajstić information content (AvgIpc) is 3.23. The molecular formula is C17H20FN5O9. The fourth-order valence-electron chi connectivity index (χ4n) is 3.31. The van der Waals surface area contributed by atoms with E-state index in [1.165, 1.54) is 10.9 Å². The number of aliphatic hydroxyl groups is 1. The lowest BCUT2D eigenvalue weighted by Crippen LogP contribution is -2.51. The molecule has 0 saturated carbocycles. The van der Waals surface area contributed by atoms with Gasteiger partial charge in [-0.05, 0) is 6.92 Å². The SMILES string of the molecule is Cc1nc(N)c2ncn([C@@H]3O[C@H](COC(CCC(=O)O)(C(=O)O)C(=O)O)[C@@H](O)[C@@H]3F)c2n1. The van der Waals surface area contributed by atoms with Gasteiger partial charge in [0.05, 0.1) is 12.9 Å². The maximum absolute atomic E-state index is 14.9. The minimum atomic E-state index is -2.92. The number of halogens is 1. The summed E-state index contributed by atoms with van der Waals surface area (Å²) in [5.74, 6) is -5.02. The van der Waals surface area contributed by atoms with Gasteiger partial charge in [-0.1, -0.05) is 0 Å². The fourth-order valence-corrected chi connectivity index (χ4v) is 3.31. The number of carbonyl (C=O) groups is 3. The molecule has 0 unspecified atom stereocenters. The van der Waals surface area contributed by atoms with E-state index in [0.29, 0.717) is 0 Å². The van der Waals surface area contributed by atoms with E-state index < -0.39 is 67.6 Å². The van der Waals surface area contributed by atoms with E-state index in [1.54, 1.807) is 6.92 Å². The summed E-state index contributed by atoms with van der Waals surface area (Å²) in [5.41, 5.74) is 3.15. The molecule has 32 heavy (non-hydrogen) atoms. The number of hydrogen-bond donors (Lipinski definition) is 5. The molecular weight excluding hydrogens is 437 g/mol. The molecule has 3 heterocycles. The normalized spacial score (nSPS) is 23.5. The van der Waals surface area contributed by atoms with Crippen LogP contribution in [0.2, 0.25) is 0 Å². The first kappa shape index (κ1) is 23.2. The molecule has 1 saturated heterocycles. The number of carboxylic acids is 3. The number of aliphatic hydroxyl groups excluding tert-OH is 1. The molecule has 2 aromatic heterocycles. The molecule has 1 fully saturated rings. The molecule has 2 aromatic rings. The van der Waals surface area contributed by atoms with Crippen molar-refractivity contribution in [2.45, 2.75) is 50.0 Å². The van der Waals surface area contributed by atoms with Crippen molar-refractivity contribution < 1.29 is 48.7 Å². The van der Waals surface area contributed by atoms with Gasteiger partial charge in [0, 0.05) is 12.8 Å². The van der Waals surface area contributed by atoms with Crippen molar-refractivity contribution in [1.29, 1.82) is 0 Å². The van der Waals surface area contributed by atoms with Crippen LogP contribution in [0.1, 0.15) is 24.9 Å². The molecule has 0 aromatic carbocycles. The zero-order valence-electron chi connectivity index (χ0n) is 16.6. The van der Waals surface area contributed by atoms with E-state index in [1.807, 2.05) is 0 Å². The Morgan fingerprint density at radius 2 is 1.94 bits per heavy atom. The minimum absolute atomic E-state index is 0.0474. The highest BCUT2D eigenvalue weighted by molar-refractivity contribution is 6.02. The van der Waals surface area contributed by atoms with Gasteiger partial charge in [-0.3, -0.25) is 9.36 Å². The van der Waals surface area contributed by atoms with Gasteiger partial charge in [-0.25, -0.2) is 28.9 Å². The Kier molecular flexibility index (Phi) is 6.25. The summed E-state index contributed by atoms with van der Waals surface area (Å²) < 4.78 is 26.5. The zero-order chi connectivity index (χ0) is 23.8. The quantitative estimate of drug-likeness (QED) is 0.289. The molecule has 14 nitrogen and oxygen atoms in total. The van der Waals surface area contributed by atoms with Gasteiger partial charge in [0.15, 0.2) is 23.9 Å². The lowest BCUT2D eigenvalue weighted by atomic mass is 9.97. The number of aromatic nitrogens is 4. The van der Waals surface area contributed by atoms with Crippen molar-refractivity contribution in [2.24, 2.45) is 0 Å². The number of anilines is 1. The van der Waals surface area contributed by atoms with Crippen molar-refractivity contribution in [1.82, 2.24) is 19.5 Å². The third kappa shape index (κ3) is 4.04. The number of nitrogens with two attached hydrogens (primary N) is 1. The number of carboxylic acid groups (broad SMARTS) is 3. The molecule has 3 rings (SSSR count). The first-order valence-corrected chi connectivity index (χ1v) is 9.24. The summed E-state index contributed by atoms with van der Waals surface area (Å²) >= 11 is 0. The number of rotatable bonds is 9. The standard InChI is InChI=1S/C17H20FN5O9/c1-6-21-12(19)10-13(22-6)23(5-20-10)14-9(18)11(26)7(32-14)4-31-17(15(27)28,16(29)30)3-2-8(24)25/h5,7,9,11,14,26H,2-4H2,1H3,(H,24,25)(H,27,28)(H,29,30)(H2,19,21,22)/t7-,9+,11-,14-/m1/s1. The summed E-state index contributed by atoms with van der Waals surface area (Å²) in [4.78, 5) is 46.0. The van der Waals surface area contributed by atoms with Gasteiger partial charge in [0.25, 0.3) is 5.60 Å². The van der Waals surface area contributed by atoms with E-state index >= 15 is 0 Å². The van der Waals surface area contributed by atoms with Crippen LogP contribution in [0, 0.1) is 6.92 Å². The second-order valence-electron chi connectivity index (χ2n) is 7.12. The molecule has 6 N–H and O–H groups in total. The van der Waals surface area contributed by atoms with Crippen molar-refractivity contribution in [3.8, 4) is 0 Å². The van der Waals surface area contributed by atoms with Crippen LogP contribution in [0.15, 0.2) is 6.33 Å². The molecule has 0 amide bonds. The van der Waals surface area contributed by atoms with Crippen LogP contribution in [0.4, 0.5) is 10.2 Å². The number of aryl methyl sites for hydroxylation is 1. The molecule has 15 heteroatoms. The zero-order valence-corrected chi connectivity index (χ0v) is 16.6. The highest BCUT2D eigenvalue weighted by Crippen LogP contribution is 2.35. The Hall–Kier alpha value is -3.43. The smallest absolute Gasteiger partial charge is 0.347 e. The Morgan fingerprint density at radius 3 is 2.53 bits per heavy atom. The van der Waals surface area contributed by atoms with Gasteiger partial charge >= 0.3 is 17.9 Å². The third-order valence-corrected chi connectivity index (χ3v) is 5.00. The second kappa shape index (κ2) is 8.60. The number of imidazole rings is 1. The number of nitrogens with zero attached hydrogens (tertiary/aromatic N) is 4. The Morgan fingerprint density at radius 1 is 1.28 bits per heavy atom. The van der Waals surface area contributed by atoms with Crippen LogP contribution in [0.25, 0.3) is 11.2 Å². The third-order valence-electron chi connectivity index (χ3n) is 5.00. The van der Waals surface area contributed by atoms with Gasteiger partial charge in [-0.15, -0.1) is 0 Å². The lowest BCUT2D eigenvalue weighted by molar-refractivity contribution is -0.191. The van der Waals surface area contributed by atoms with Gasteiger partial charge in [-0.2, -0.15) is 0 Å². The van der Waals surface area contributed by atoms with Gasteiger partial charge in [0.2, 0.25) is 0 Å². The topological polar surface area (TPSA) is 220 Å². The molecule has 174 valence electrons. The van der Waals surface area contributed by atoms with E-state index in [0.717, 1.165) is 0 Å². The average molecular weight is 457 g/mol. The molecule has 0 spiro atoms. The maximum Gasteiger partial charge on any atom is 0.347 e. The first-order chi connectivity index (χ1) is 15.0. The number of nitrogen functional groups attached to an aromatic ring is 1. The summed E-state index contributed by atoms with van der Waals surface area (Å²) in [6.45, 7) is 0.703. The Labute approximate surface area is 178 Å². The van der Waals surface area contributed by atoms with E-state index in [9.17, 15) is 34.1 Å². The summed E-state index contributed by atoms with van der Waals surface area (Å²) in [6.07, 6.45) is -7.34. The Balaban J connectivity index is 1.83. The van der Waals surface area contributed by atoms with Crippen LogP contribution in [0.5, 0.6) is 0 Å². The number of hydrogen-bond acceptors (Lipinski definition) is 10. The van der Waals surface area contributed by atoms with Crippen LogP contribution in [-0.2, 0) is 23.9 Å². The Bertz CT molecular complexity index is 1050. The minimum Gasteiger partial charge on any atom is -0.481 e. The monoisotopic (exact) mass is 457 g/mol. The predicted molar refractivity (Wildman–Crippen MR) is 100 cm³/mol. The molecule has 1 aliphatic heterocycles.